The van der Waals surface area contributed by atoms with E-state index in [0.717, 1.165) is 41.5 Å². The summed E-state index contributed by atoms with van der Waals surface area (Å²) in [6.45, 7) is 2.32. The second kappa shape index (κ2) is 9.72. The lowest BCUT2D eigenvalue weighted by Crippen LogP contribution is -2.58. The topological polar surface area (TPSA) is 95.9 Å². The van der Waals surface area contributed by atoms with Crippen LogP contribution in [0.15, 0.2) is 48.5 Å². The highest BCUT2D eigenvalue weighted by Crippen LogP contribution is 2.44. The second-order valence-electron chi connectivity index (χ2n) is 10.1. The van der Waals surface area contributed by atoms with Gasteiger partial charge in [0.15, 0.2) is 0 Å². The average molecular weight is 477 g/mol. The van der Waals surface area contributed by atoms with Crippen LogP contribution in [0, 0.1) is 11.8 Å². The summed E-state index contributed by atoms with van der Waals surface area (Å²) in [6.07, 6.45) is 3.36. The number of amides is 2. The summed E-state index contributed by atoms with van der Waals surface area (Å²) in [6, 6.07) is 15.6. The minimum atomic E-state index is -0.876. The average Bonchev–Trinajstić information content (AvgIpc) is 3.14. The van der Waals surface area contributed by atoms with Crippen molar-refractivity contribution in [3.8, 4) is 11.1 Å². The summed E-state index contributed by atoms with van der Waals surface area (Å²) in [5.41, 5.74) is 4.59. The van der Waals surface area contributed by atoms with Crippen LogP contribution in [0.2, 0.25) is 0 Å². The van der Waals surface area contributed by atoms with E-state index in [0.29, 0.717) is 12.8 Å². The molecular weight excluding hydrogens is 444 g/mol. The van der Waals surface area contributed by atoms with Gasteiger partial charge in [0.2, 0.25) is 5.91 Å². The molecule has 5 rings (SSSR count). The van der Waals surface area contributed by atoms with E-state index in [9.17, 15) is 19.5 Å². The third kappa shape index (κ3) is 4.51. The molecule has 7 heteroatoms. The van der Waals surface area contributed by atoms with Gasteiger partial charge < -0.3 is 20.1 Å². The molecule has 0 aromatic heterocycles. The van der Waals surface area contributed by atoms with Crippen LogP contribution in [0.25, 0.3) is 11.1 Å². The monoisotopic (exact) mass is 476 g/mol. The summed E-state index contributed by atoms with van der Waals surface area (Å²) in [5.74, 6) is -1.63. The van der Waals surface area contributed by atoms with Crippen LogP contribution in [0.4, 0.5) is 4.79 Å². The maximum Gasteiger partial charge on any atom is 0.407 e. The van der Waals surface area contributed by atoms with Gasteiger partial charge in [-0.15, -0.1) is 0 Å². The largest absolute Gasteiger partial charge is 0.481 e. The zero-order valence-corrected chi connectivity index (χ0v) is 20.0. The molecule has 2 aromatic rings. The summed E-state index contributed by atoms with van der Waals surface area (Å²) < 4.78 is 5.70. The molecule has 2 amide bonds. The quantitative estimate of drug-likeness (QED) is 0.644. The number of carboxylic acid groups (broad SMARTS) is 1. The first-order chi connectivity index (χ1) is 16.9. The van der Waals surface area contributed by atoms with Crippen molar-refractivity contribution in [1.82, 2.24) is 10.2 Å². The van der Waals surface area contributed by atoms with Crippen molar-refractivity contribution in [2.45, 2.75) is 57.0 Å². The fourth-order valence-electron chi connectivity index (χ4n) is 5.72. The van der Waals surface area contributed by atoms with Crippen molar-refractivity contribution in [2.24, 2.45) is 11.8 Å². The van der Waals surface area contributed by atoms with Crippen molar-refractivity contribution < 1.29 is 24.2 Å². The number of hydrogen-bond donors (Lipinski definition) is 2. The number of nitrogens with one attached hydrogen (secondary N) is 1. The molecule has 0 bridgehead atoms. The summed E-state index contributed by atoms with van der Waals surface area (Å²) in [5, 5.41) is 12.3. The lowest BCUT2D eigenvalue weighted by molar-refractivity contribution is -0.148. The molecule has 0 radical (unpaired) electrons. The number of carbonyl (C=O) groups excluding carboxylic acids is 2. The zero-order valence-electron chi connectivity index (χ0n) is 20.0. The first-order valence-electron chi connectivity index (χ1n) is 12.6. The number of rotatable bonds is 6. The molecule has 1 aliphatic heterocycles. The molecule has 184 valence electrons. The molecule has 2 aliphatic carbocycles. The van der Waals surface area contributed by atoms with Crippen LogP contribution in [0.1, 0.15) is 56.1 Å². The number of aliphatic carboxylic acids is 1. The number of likely N-dealkylation sites (tertiary alicyclic amines) is 1. The molecular formula is C28H32N2O5. The highest BCUT2D eigenvalue weighted by atomic mass is 16.5. The predicted molar refractivity (Wildman–Crippen MR) is 131 cm³/mol. The molecule has 1 saturated heterocycles. The predicted octanol–water partition coefficient (Wildman–Crippen LogP) is 4.41. The summed E-state index contributed by atoms with van der Waals surface area (Å²) in [4.78, 5) is 39.6. The minimum absolute atomic E-state index is 0.0509. The Labute approximate surface area is 205 Å². The standard InChI is InChI=1S/C28H32N2O5/c1-17-13-14-19(27(32)33)15-30(17)26(31)25(18-7-6-8-18)29-28(34)35-16-24-22-11-4-2-9-20(22)21-10-3-5-12-23(21)24/h2-5,9-12,17-19,24-25H,6-8,13-16H2,1H3,(H,29,34)(H,32,33). The van der Waals surface area contributed by atoms with Crippen LogP contribution in [0.5, 0.6) is 0 Å². The molecule has 2 aromatic carbocycles. The Hall–Kier alpha value is -3.35. The van der Waals surface area contributed by atoms with Gasteiger partial charge in [-0.05, 0) is 60.8 Å². The maximum atomic E-state index is 13.5. The van der Waals surface area contributed by atoms with Gasteiger partial charge in [-0.2, -0.15) is 0 Å². The molecule has 3 aliphatic rings. The highest BCUT2D eigenvalue weighted by molar-refractivity contribution is 5.87. The number of hydrogen-bond acceptors (Lipinski definition) is 4. The highest BCUT2D eigenvalue weighted by Gasteiger charge is 2.41. The molecule has 3 atom stereocenters. The Morgan fingerprint density at radius 3 is 2.20 bits per heavy atom. The van der Waals surface area contributed by atoms with Gasteiger partial charge in [0.25, 0.3) is 0 Å². The van der Waals surface area contributed by atoms with E-state index in [-0.39, 0.29) is 36.9 Å². The van der Waals surface area contributed by atoms with Crippen LogP contribution in [0.3, 0.4) is 0 Å². The Morgan fingerprint density at radius 2 is 1.63 bits per heavy atom. The molecule has 2 N–H and O–H groups in total. The number of carbonyl (C=O) groups is 3. The van der Waals surface area contributed by atoms with Crippen molar-refractivity contribution in [3.05, 3.63) is 59.7 Å². The summed E-state index contributed by atoms with van der Waals surface area (Å²) in [7, 11) is 0. The third-order valence-corrected chi connectivity index (χ3v) is 8.02. The van der Waals surface area contributed by atoms with E-state index in [1.165, 1.54) is 0 Å². The van der Waals surface area contributed by atoms with Crippen molar-refractivity contribution in [1.29, 1.82) is 0 Å². The molecule has 35 heavy (non-hydrogen) atoms. The molecule has 3 unspecified atom stereocenters. The van der Waals surface area contributed by atoms with Gasteiger partial charge in [0.1, 0.15) is 12.6 Å². The number of carboxylic acids is 1. The van der Waals surface area contributed by atoms with Crippen molar-refractivity contribution in [2.75, 3.05) is 13.2 Å². The van der Waals surface area contributed by atoms with E-state index in [1.54, 1.807) is 4.90 Å². The van der Waals surface area contributed by atoms with Crippen LogP contribution in [-0.2, 0) is 14.3 Å². The van der Waals surface area contributed by atoms with E-state index in [1.807, 2.05) is 31.2 Å². The number of alkyl carbamates (subject to hydrolysis) is 1. The molecule has 0 spiro atoms. The van der Waals surface area contributed by atoms with Crippen LogP contribution >= 0.6 is 0 Å². The van der Waals surface area contributed by atoms with Gasteiger partial charge in [-0.3, -0.25) is 9.59 Å². The Kier molecular flexibility index (Phi) is 6.50. The number of ether oxygens (including phenoxy) is 1. The molecule has 1 heterocycles. The lowest BCUT2D eigenvalue weighted by Gasteiger charge is -2.41. The van der Waals surface area contributed by atoms with Crippen molar-refractivity contribution >= 4 is 18.0 Å². The summed E-state index contributed by atoms with van der Waals surface area (Å²) >= 11 is 0. The first kappa shape index (κ1) is 23.4. The van der Waals surface area contributed by atoms with Crippen LogP contribution < -0.4 is 5.32 Å². The fraction of sp³-hybridized carbons (Fsp3) is 0.464. The number of fused-ring (bicyclic) bond motifs is 3. The van der Waals surface area contributed by atoms with E-state index < -0.39 is 24.0 Å². The van der Waals surface area contributed by atoms with Gasteiger partial charge >= 0.3 is 12.1 Å². The van der Waals surface area contributed by atoms with Gasteiger partial charge in [-0.25, -0.2) is 4.79 Å². The van der Waals surface area contributed by atoms with Crippen LogP contribution in [-0.4, -0.2) is 53.2 Å². The Morgan fingerprint density at radius 1 is 1.00 bits per heavy atom. The van der Waals surface area contributed by atoms with E-state index >= 15 is 0 Å². The number of benzene rings is 2. The van der Waals surface area contributed by atoms with Gasteiger partial charge in [0, 0.05) is 18.5 Å². The maximum absolute atomic E-state index is 13.5. The Balaban J connectivity index is 1.27. The Bertz CT molecular complexity index is 1080. The van der Waals surface area contributed by atoms with Gasteiger partial charge in [-0.1, -0.05) is 55.0 Å². The van der Waals surface area contributed by atoms with E-state index in [2.05, 4.69) is 29.6 Å². The van der Waals surface area contributed by atoms with Crippen molar-refractivity contribution in [3.63, 3.8) is 0 Å². The molecule has 7 nitrogen and oxygen atoms in total. The zero-order chi connectivity index (χ0) is 24.5. The lowest BCUT2D eigenvalue weighted by atomic mass is 9.78. The molecule has 2 fully saturated rings. The minimum Gasteiger partial charge on any atom is -0.481 e. The molecule has 1 saturated carbocycles. The number of nitrogens with zero attached hydrogens (tertiary/aromatic N) is 1. The number of piperidine rings is 1. The first-order valence-corrected chi connectivity index (χ1v) is 12.6. The normalized spacial score (nSPS) is 22.5. The second-order valence-corrected chi connectivity index (χ2v) is 10.1. The van der Waals surface area contributed by atoms with E-state index in [4.69, 9.17) is 4.74 Å². The smallest absolute Gasteiger partial charge is 0.407 e. The fourth-order valence-corrected chi connectivity index (χ4v) is 5.72. The third-order valence-electron chi connectivity index (χ3n) is 8.02. The SMILES string of the molecule is CC1CCC(C(=O)O)CN1C(=O)C(NC(=O)OCC1c2ccccc2-c2ccccc21)C1CCC1. The van der Waals surface area contributed by atoms with Gasteiger partial charge in [0.05, 0.1) is 5.92 Å².